The van der Waals surface area contributed by atoms with Gasteiger partial charge in [0.1, 0.15) is 6.54 Å². The molecule has 0 fully saturated rings. The lowest BCUT2D eigenvalue weighted by atomic mass is 10.5. The quantitative estimate of drug-likeness (QED) is 0.758. The van der Waals surface area contributed by atoms with E-state index in [9.17, 15) is 4.79 Å². The first-order chi connectivity index (χ1) is 7.16. The Labute approximate surface area is 98.5 Å². The van der Waals surface area contributed by atoms with Gasteiger partial charge in [0.2, 0.25) is 11.8 Å². The molecule has 0 saturated heterocycles. The van der Waals surface area contributed by atoms with E-state index in [1.54, 1.807) is 6.92 Å². The Hall–Kier alpha value is -1.25. The zero-order chi connectivity index (χ0) is 10.8. The summed E-state index contributed by atoms with van der Waals surface area (Å²) >= 11 is 1.94. The lowest BCUT2D eigenvalue weighted by Crippen LogP contribution is -2.23. The molecule has 0 atom stereocenters. The van der Waals surface area contributed by atoms with Crippen molar-refractivity contribution in [3.63, 3.8) is 0 Å². The number of halogens is 1. The molecule has 2 aromatic heterocycles. The van der Waals surface area contributed by atoms with Crippen molar-refractivity contribution in [3.8, 4) is 0 Å². The molecule has 0 unspecified atom stereocenters. The van der Waals surface area contributed by atoms with E-state index in [1.807, 2.05) is 22.6 Å². The second kappa shape index (κ2) is 4.09. The summed E-state index contributed by atoms with van der Waals surface area (Å²) in [7, 11) is 0. The van der Waals surface area contributed by atoms with Gasteiger partial charge in [-0.3, -0.25) is 9.36 Å². The zero-order valence-electron chi connectivity index (χ0n) is 7.85. The fraction of sp³-hybridized carbons (Fsp3) is 0.250. The minimum Gasteiger partial charge on any atom is -0.424 e. The minimum absolute atomic E-state index is 0.110. The lowest BCUT2D eigenvalue weighted by Gasteiger charge is -2.00. The Bertz CT molecular complexity index is 533. The van der Waals surface area contributed by atoms with Gasteiger partial charge in [-0.2, -0.15) is 0 Å². The van der Waals surface area contributed by atoms with Crippen molar-refractivity contribution in [1.82, 2.24) is 19.7 Å². The van der Waals surface area contributed by atoms with Crippen molar-refractivity contribution in [2.24, 2.45) is 0 Å². The van der Waals surface area contributed by atoms with Crippen molar-refractivity contribution >= 4 is 22.6 Å². The van der Waals surface area contributed by atoms with Gasteiger partial charge in [0.25, 0.3) is 5.56 Å². The molecule has 0 radical (unpaired) electrons. The fourth-order valence-corrected chi connectivity index (χ4v) is 1.55. The summed E-state index contributed by atoms with van der Waals surface area (Å²) in [6.45, 7) is 1.95. The van der Waals surface area contributed by atoms with Crippen molar-refractivity contribution in [2.45, 2.75) is 13.5 Å². The molecule has 0 aliphatic heterocycles. The second-order valence-electron chi connectivity index (χ2n) is 2.89. The van der Waals surface area contributed by atoms with E-state index in [0.717, 1.165) is 0 Å². The number of nitrogens with zero attached hydrogens (tertiary/aromatic N) is 4. The zero-order valence-corrected chi connectivity index (χ0v) is 10.0. The molecule has 0 aliphatic rings. The first-order valence-corrected chi connectivity index (χ1v) is 5.23. The summed E-state index contributed by atoms with van der Waals surface area (Å²) in [6, 6.07) is 0. The van der Waals surface area contributed by atoms with Crippen LogP contribution in [0.4, 0.5) is 0 Å². The van der Waals surface area contributed by atoms with Gasteiger partial charge in [0.15, 0.2) is 0 Å². The van der Waals surface area contributed by atoms with Crippen LogP contribution in [-0.4, -0.2) is 19.7 Å². The summed E-state index contributed by atoms with van der Waals surface area (Å²) in [5, 5.41) is 7.49. The molecule has 0 bridgehead atoms. The van der Waals surface area contributed by atoms with E-state index in [-0.39, 0.29) is 12.1 Å². The van der Waals surface area contributed by atoms with Gasteiger partial charge in [0.05, 0.1) is 9.90 Å². The molecule has 2 aromatic rings. The SMILES string of the molecule is Cc1nnc(Cn2cncc(I)c2=O)o1. The average Bonchev–Trinajstić information content (AvgIpc) is 2.59. The molecule has 6 nitrogen and oxygen atoms in total. The highest BCUT2D eigenvalue weighted by atomic mass is 127. The lowest BCUT2D eigenvalue weighted by molar-refractivity contribution is 0.450. The smallest absolute Gasteiger partial charge is 0.267 e. The molecule has 0 spiro atoms. The first-order valence-electron chi connectivity index (χ1n) is 4.16. The molecular weight excluding hydrogens is 311 g/mol. The van der Waals surface area contributed by atoms with Crippen LogP contribution in [0.2, 0.25) is 0 Å². The largest absolute Gasteiger partial charge is 0.424 e. The monoisotopic (exact) mass is 318 g/mol. The fourth-order valence-electron chi connectivity index (χ4n) is 1.08. The highest BCUT2D eigenvalue weighted by Crippen LogP contribution is 2.00. The molecule has 0 aromatic carbocycles. The normalized spacial score (nSPS) is 10.5. The number of aryl methyl sites for hydroxylation is 1. The Morgan fingerprint density at radius 1 is 1.53 bits per heavy atom. The molecule has 2 rings (SSSR count). The summed E-state index contributed by atoms with van der Waals surface area (Å²) in [5.41, 5.74) is -0.110. The van der Waals surface area contributed by atoms with Crippen LogP contribution in [0.25, 0.3) is 0 Å². The number of hydrogen-bond donors (Lipinski definition) is 0. The van der Waals surface area contributed by atoms with Crippen LogP contribution in [0.15, 0.2) is 21.7 Å². The number of aromatic nitrogens is 4. The summed E-state index contributed by atoms with van der Waals surface area (Å²) in [5.74, 6) is 0.884. The van der Waals surface area contributed by atoms with E-state index in [1.165, 1.54) is 17.1 Å². The van der Waals surface area contributed by atoms with Crippen LogP contribution in [-0.2, 0) is 6.54 Å². The van der Waals surface area contributed by atoms with Gasteiger partial charge < -0.3 is 4.42 Å². The van der Waals surface area contributed by atoms with E-state index in [4.69, 9.17) is 4.42 Å². The molecule has 0 saturated carbocycles. The average molecular weight is 318 g/mol. The third kappa shape index (κ3) is 2.22. The second-order valence-corrected chi connectivity index (χ2v) is 4.05. The Balaban J connectivity index is 2.32. The Morgan fingerprint density at radius 3 is 3.00 bits per heavy atom. The predicted octanol–water partition coefficient (Wildman–Crippen LogP) is 0.588. The molecule has 15 heavy (non-hydrogen) atoms. The van der Waals surface area contributed by atoms with Crippen LogP contribution in [0.5, 0.6) is 0 Å². The summed E-state index contributed by atoms with van der Waals surface area (Å²) in [4.78, 5) is 15.5. The third-order valence-electron chi connectivity index (χ3n) is 1.73. The predicted molar refractivity (Wildman–Crippen MR) is 59.4 cm³/mol. The summed E-state index contributed by atoms with van der Waals surface area (Å²) in [6.07, 6.45) is 2.96. The van der Waals surface area contributed by atoms with Crippen molar-refractivity contribution in [2.75, 3.05) is 0 Å². The molecule has 0 N–H and O–H groups in total. The summed E-state index contributed by atoms with van der Waals surface area (Å²) < 4.78 is 7.16. The molecule has 78 valence electrons. The maximum atomic E-state index is 11.6. The van der Waals surface area contributed by atoms with Crippen molar-refractivity contribution in [3.05, 3.63) is 38.2 Å². The van der Waals surface area contributed by atoms with E-state index < -0.39 is 0 Å². The highest BCUT2D eigenvalue weighted by molar-refractivity contribution is 14.1. The van der Waals surface area contributed by atoms with Gasteiger partial charge in [-0.05, 0) is 22.6 Å². The highest BCUT2D eigenvalue weighted by Gasteiger charge is 2.06. The van der Waals surface area contributed by atoms with E-state index in [0.29, 0.717) is 15.4 Å². The number of hydrogen-bond acceptors (Lipinski definition) is 5. The van der Waals surface area contributed by atoms with E-state index in [2.05, 4.69) is 15.2 Å². The maximum absolute atomic E-state index is 11.6. The van der Waals surface area contributed by atoms with Gasteiger partial charge in [-0.15, -0.1) is 10.2 Å². The van der Waals surface area contributed by atoms with E-state index >= 15 is 0 Å². The van der Waals surface area contributed by atoms with Gasteiger partial charge >= 0.3 is 0 Å². The Morgan fingerprint density at radius 2 is 2.33 bits per heavy atom. The van der Waals surface area contributed by atoms with Crippen LogP contribution in [0.3, 0.4) is 0 Å². The topological polar surface area (TPSA) is 73.8 Å². The molecule has 7 heteroatoms. The van der Waals surface area contributed by atoms with Gasteiger partial charge in [-0.25, -0.2) is 4.98 Å². The van der Waals surface area contributed by atoms with Crippen molar-refractivity contribution in [1.29, 1.82) is 0 Å². The Kier molecular flexibility index (Phi) is 2.80. The van der Waals surface area contributed by atoms with Crippen molar-refractivity contribution < 1.29 is 4.42 Å². The molecule has 0 aliphatic carbocycles. The molecule has 2 heterocycles. The van der Waals surface area contributed by atoms with Gasteiger partial charge in [-0.1, -0.05) is 0 Å². The maximum Gasteiger partial charge on any atom is 0.267 e. The minimum atomic E-state index is -0.110. The van der Waals surface area contributed by atoms with Gasteiger partial charge in [0, 0.05) is 13.1 Å². The van der Waals surface area contributed by atoms with Crippen LogP contribution in [0, 0.1) is 10.5 Å². The molecular formula is C8H7IN4O2. The van der Waals surface area contributed by atoms with Crippen LogP contribution < -0.4 is 5.56 Å². The number of rotatable bonds is 2. The van der Waals surface area contributed by atoms with Crippen LogP contribution in [0.1, 0.15) is 11.8 Å². The van der Waals surface area contributed by atoms with Crippen LogP contribution >= 0.6 is 22.6 Å². The first kappa shape index (κ1) is 10.3. The standard InChI is InChI=1S/C8H7IN4O2/c1-5-11-12-7(15-5)3-13-4-10-2-6(9)8(13)14/h2,4H,3H2,1H3. The third-order valence-corrected chi connectivity index (χ3v) is 2.47. The molecule has 0 amide bonds.